The van der Waals surface area contributed by atoms with Gasteiger partial charge in [-0.3, -0.25) is 0 Å². The molecule has 0 aliphatic carbocycles. The summed E-state index contributed by atoms with van der Waals surface area (Å²) in [7, 11) is 0. The standard InChI is InChI=1S/5C9H12.C8H10.13C2H6.9CH4.I3.I2.HI/c5*1-7-4-5-8(2)9(3)6-7;1-7-3-5-8(2)6-4-7;13*1-2;;;;;;;;;;1-3-2;1-2;/h5*4-6H,1-3H3;3-6H,1-2H3;13*1-2H3;9*1H4;;;1H/q;;;;;;;;;;;;;;;;;;;;;;;;;;;;-1;;/i;;;;;3T;;;;;;;;;;;;;;;;;;;;;;;;;. The van der Waals surface area contributed by atoms with Gasteiger partial charge in [-0.05, 0) is 173 Å². The SMILES string of the molecule is C.C.C.C.C.C.C.C.C.CC.CC.CC.CC.CC.CC.CC.CC.CC.CC.CC.CC.CC.Cc1ccc(C)c(C)c1.Cc1ccc(C)c(C)c1.Cc1ccc(C)c(C)c1.Cc1ccc(C)c(C)c1.Cc1ccc(C)c(C)c1.I.II.I[I-]I.[3H]c1cc(C)ccc1C. The maximum Gasteiger partial charge on any atom is 0.0626 e. The minimum Gasteiger partial charge on any atom is -0.0591 e. The summed E-state index contributed by atoms with van der Waals surface area (Å²) in [5.74, 6) is 0. The average Bonchev–Trinajstić information content (AvgIpc) is 3.77. The quantitative estimate of drug-likeness (QED) is 0.133. The second-order valence-corrected chi connectivity index (χ2v) is 31.3. The molecule has 6 aromatic carbocycles. The first-order chi connectivity index (χ1) is 40.6. The Morgan fingerprint density at radius 3 is 0.394 bits per heavy atom. The van der Waals surface area contributed by atoms with Crippen LogP contribution in [-0.2, 0) is 0 Å². The largest absolute Gasteiger partial charge is 0.0626 e. The van der Waals surface area contributed by atoms with Gasteiger partial charge in [0.15, 0.2) is 0 Å². The van der Waals surface area contributed by atoms with Crippen LogP contribution < -0.4 is 13.3 Å². The third-order valence-electron chi connectivity index (χ3n) is 9.44. The summed E-state index contributed by atoms with van der Waals surface area (Å²) in [5.41, 5.74) is 22.7. The van der Waals surface area contributed by atoms with Crippen molar-refractivity contribution in [1.29, 1.82) is 0 Å². The molecule has 0 N–H and O–H groups in total. The number of rotatable bonds is 0. The molecule has 0 unspecified atom stereocenters. The van der Waals surface area contributed by atoms with Crippen molar-refractivity contribution >= 4 is 98.4 Å². The molecule has 0 bridgehead atoms. The van der Waals surface area contributed by atoms with E-state index in [0.717, 1.165) is 11.1 Å². The summed E-state index contributed by atoms with van der Waals surface area (Å²) in [4.78, 5) is 0. The molecule has 0 saturated heterocycles. The molecule has 0 saturated carbocycles. The second kappa shape index (κ2) is 156. The molecule has 0 fully saturated rings. The summed E-state index contributed by atoms with van der Waals surface area (Å²) in [6, 6.07) is 39.0. The molecular formula is C88H185I6-. The number of hydrogen-bond acceptors (Lipinski definition) is 0. The minimum atomic E-state index is 0. The van der Waals surface area contributed by atoms with Crippen molar-refractivity contribution in [2.24, 2.45) is 0 Å². The Morgan fingerprint density at radius 1 is 0.202 bits per heavy atom. The van der Waals surface area contributed by atoms with Crippen LogP contribution in [0.25, 0.3) is 0 Å². The van der Waals surface area contributed by atoms with Crippen LogP contribution >= 0.6 is 98.4 Å². The fourth-order valence-electron chi connectivity index (χ4n) is 5.04. The van der Waals surface area contributed by atoms with Gasteiger partial charge in [0, 0.05) is 37.2 Å². The Labute approximate surface area is 679 Å². The van der Waals surface area contributed by atoms with Crippen LogP contribution in [0.5, 0.6) is 0 Å². The first-order valence-corrected chi connectivity index (χ1v) is 51.2. The molecular weight excluding hydrogens is 1820 g/mol. The molecule has 94 heavy (non-hydrogen) atoms. The molecule has 0 amide bonds. The zero-order valence-corrected chi connectivity index (χ0v) is 77.8. The van der Waals surface area contributed by atoms with Crippen LogP contribution in [-0.4, -0.2) is 0 Å². The van der Waals surface area contributed by atoms with Gasteiger partial charge in [0.25, 0.3) is 0 Å². The van der Waals surface area contributed by atoms with Gasteiger partial charge in [0.1, 0.15) is 0 Å². The second-order valence-electron chi connectivity index (χ2n) is 15.0. The Bertz CT molecular complexity index is 1710. The molecule has 0 aromatic heterocycles. The van der Waals surface area contributed by atoms with Gasteiger partial charge in [-0.2, -0.15) is 0 Å². The van der Waals surface area contributed by atoms with Crippen LogP contribution in [0.4, 0.5) is 0 Å². The molecule has 6 aromatic rings. The Balaban J connectivity index is -0.0000000244. The molecule has 580 valence electrons. The number of hydrogen-bond donors (Lipinski definition) is 0. The number of benzene rings is 6. The molecule has 0 spiro atoms. The Kier molecular flexibility index (Phi) is 275. The van der Waals surface area contributed by atoms with Gasteiger partial charge in [-0.15, -0.1) is 24.0 Å². The summed E-state index contributed by atoms with van der Waals surface area (Å²) in [6.07, 6.45) is 0. The van der Waals surface area contributed by atoms with E-state index in [0.29, 0.717) is 19.3 Å². The van der Waals surface area contributed by atoms with Gasteiger partial charge in [0.2, 0.25) is 0 Å². The van der Waals surface area contributed by atoms with Gasteiger partial charge in [0.05, 0.1) is 1.37 Å². The first kappa shape index (κ1) is 166. The normalized spacial score (nSPS) is 6.69. The van der Waals surface area contributed by atoms with E-state index in [1.807, 2.05) is 212 Å². The van der Waals surface area contributed by atoms with Crippen LogP contribution in [0.2, 0.25) is 0 Å². The van der Waals surface area contributed by atoms with Crippen molar-refractivity contribution in [3.05, 3.63) is 210 Å². The van der Waals surface area contributed by atoms with E-state index < -0.39 is 0 Å². The number of halogens is 6. The van der Waals surface area contributed by atoms with Crippen molar-refractivity contribution in [1.82, 2.24) is 0 Å². The summed E-state index contributed by atoms with van der Waals surface area (Å²) in [5, 5.41) is 0. The fourth-order valence-corrected chi connectivity index (χ4v) is 5.04. The van der Waals surface area contributed by atoms with E-state index in [1.165, 1.54) is 83.5 Å². The summed E-state index contributed by atoms with van der Waals surface area (Å²) < 4.78 is 7.36. The molecule has 6 heteroatoms. The summed E-state index contributed by atoms with van der Waals surface area (Å²) in [6.45, 7) is 87.9. The smallest absolute Gasteiger partial charge is 0.0591 e. The monoisotopic (exact) mass is 2010 g/mol. The average molecular weight is 2010 g/mol. The minimum absolute atomic E-state index is 0. The van der Waals surface area contributed by atoms with Crippen molar-refractivity contribution in [3.8, 4) is 0 Å². The van der Waals surface area contributed by atoms with Crippen molar-refractivity contribution in [2.75, 3.05) is 0 Å². The number of aryl methyl sites for hydroxylation is 17. The van der Waals surface area contributed by atoms with Crippen molar-refractivity contribution in [2.45, 2.75) is 365 Å². The molecule has 0 radical (unpaired) electrons. The zero-order valence-electron chi connectivity index (χ0n) is 65.7. The van der Waals surface area contributed by atoms with E-state index in [1.54, 1.807) is 0 Å². The van der Waals surface area contributed by atoms with E-state index in [4.69, 9.17) is 1.37 Å². The van der Waals surface area contributed by atoms with E-state index in [-0.39, 0.29) is 90.8 Å². The van der Waals surface area contributed by atoms with Crippen LogP contribution in [0, 0.1) is 118 Å². The summed E-state index contributed by atoms with van der Waals surface area (Å²) >= 11 is 9.54. The third kappa shape index (κ3) is 135. The maximum atomic E-state index is 7.36. The third-order valence-corrected chi connectivity index (χ3v) is 9.44. The zero-order chi connectivity index (χ0) is 71.8. The fraction of sp³-hybridized carbons (Fsp3) is 0.591. The molecule has 0 atom stereocenters. The van der Waals surface area contributed by atoms with Crippen LogP contribution in [0.15, 0.2) is 115 Å². The van der Waals surface area contributed by atoms with E-state index in [9.17, 15) is 0 Å². The molecule has 0 nitrogen and oxygen atoms in total. The first-order valence-electron chi connectivity index (χ1n) is 32.9. The molecule has 0 aliphatic rings. The van der Waals surface area contributed by atoms with E-state index >= 15 is 0 Å². The van der Waals surface area contributed by atoms with Crippen LogP contribution in [0.1, 0.15) is 343 Å². The maximum absolute atomic E-state index is 7.36. The van der Waals surface area contributed by atoms with Crippen LogP contribution in [0.3, 0.4) is 0 Å². The predicted molar refractivity (Wildman–Crippen MR) is 519 cm³/mol. The Hall–Kier alpha value is -0.300. The van der Waals surface area contributed by atoms with Gasteiger partial charge >= 0.3 is 50.5 Å². The van der Waals surface area contributed by atoms with Crippen molar-refractivity contribution in [3.63, 3.8) is 0 Å². The topological polar surface area (TPSA) is 0 Å². The molecule has 6 rings (SSSR count). The Morgan fingerprint density at radius 2 is 0.309 bits per heavy atom. The molecule has 0 heterocycles. The molecule has 0 aliphatic heterocycles. The van der Waals surface area contributed by atoms with E-state index in [2.05, 4.69) is 269 Å². The van der Waals surface area contributed by atoms with Gasteiger partial charge in [-0.25, -0.2) is 0 Å². The van der Waals surface area contributed by atoms with Gasteiger partial charge < -0.3 is 0 Å². The predicted octanol–water partition coefficient (Wildman–Crippen LogP) is 35.6. The van der Waals surface area contributed by atoms with Gasteiger partial charge in [-0.1, -0.05) is 401 Å². The van der Waals surface area contributed by atoms with Crippen molar-refractivity contribution < 1.29 is 14.6 Å².